The minimum Gasteiger partial charge on any atom is -0.370 e. The lowest BCUT2D eigenvalue weighted by Gasteiger charge is -2.09. The Kier molecular flexibility index (Phi) is 9.12. The number of aliphatic imine (C=N–C) groups is 1. The van der Waals surface area contributed by atoms with Gasteiger partial charge < -0.3 is 16.4 Å². The van der Waals surface area contributed by atoms with Crippen LogP contribution in [0.3, 0.4) is 0 Å². The third-order valence-electron chi connectivity index (χ3n) is 3.90. The van der Waals surface area contributed by atoms with Crippen LogP contribution < -0.4 is 16.4 Å². The quantitative estimate of drug-likeness (QED) is 0.331. The van der Waals surface area contributed by atoms with Crippen molar-refractivity contribution in [2.75, 3.05) is 10.6 Å². The van der Waals surface area contributed by atoms with Crippen molar-refractivity contribution < 1.29 is 4.79 Å². The second-order valence-electron chi connectivity index (χ2n) is 6.12. The Morgan fingerprint density at radius 3 is 2.46 bits per heavy atom. The maximum Gasteiger partial charge on any atom is 0.224 e. The summed E-state index contributed by atoms with van der Waals surface area (Å²) >= 11 is 0. The number of carbonyl (C=O) groups excluding carboxylic acids is 1. The smallest absolute Gasteiger partial charge is 0.224 e. The number of aryl methyl sites for hydroxylation is 2. The molecule has 2 aromatic rings. The zero-order chi connectivity index (χ0) is 18.2. The molecule has 0 aromatic heterocycles. The van der Waals surface area contributed by atoms with E-state index < -0.39 is 0 Å². The molecule has 2 aromatic carbocycles. The summed E-state index contributed by atoms with van der Waals surface area (Å²) in [5.41, 5.74) is 11.1. The first kappa shape index (κ1) is 22.0. The summed E-state index contributed by atoms with van der Waals surface area (Å²) in [4.78, 5) is 16.0. The molecule has 0 aliphatic carbocycles. The number of amides is 1. The first-order chi connectivity index (χ1) is 12.0. The maximum absolute atomic E-state index is 11.7. The fraction of sp³-hybridized carbons (Fsp3) is 0.300. The average Bonchev–Trinajstić information content (AvgIpc) is 2.57. The van der Waals surface area contributed by atoms with E-state index in [0.717, 1.165) is 23.4 Å². The van der Waals surface area contributed by atoms with E-state index in [0.29, 0.717) is 18.9 Å². The summed E-state index contributed by atoms with van der Waals surface area (Å²) in [5.74, 6) is 0.391. The fourth-order valence-electron chi connectivity index (χ4n) is 2.38. The molecule has 0 spiro atoms. The molecule has 0 radical (unpaired) electrons. The van der Waals surface area contributed by atoms with Gasteiger partial charge in [0.15, 0.2) is 5.96 Å². The van der Waals surface area contributed by atoms with Gasteiger partial charge in [0.1, 0.15) is 0 Å². The summed E-state index contributed by atoms with van der Waals surface area (Å²) in [5, 5.41) is 5.99. The van der Waals surface area contributed by atoms with Gasteiger partial charge in [-0.05, 0) is 61.2 Å². The summed E-state index contributed by atoms with van der Waals surface area (Å²) < 4.78 is 0. The van der Waals surface area contributed by atoms with Gasteiger partial charge in [-0.15, -0.1) is 24.0 Å². The molecule has 0 bridgehead atoms. The summed E-state index contributed by atoms with van der Waals surface area (Å²) in [6, 6.07) is 13.7. The number of hydrogen-bond donors (Lipinski definition) is 3. The fourth-order valence-corrected chi connectivity index (χ4v) is 2.38. The highest BCUT2D eigenvalue weighted by atomic mass is 127. The minimum absolute atomic E-state index is 0. The molecule has 5 nitrogen and oxygen atoms in total. The number of rotatable bonds is 6. The molecule has 4 N–H and O–H groups in total. The van der Waals surface area contributed by atoms with Gasteiger partial charge >= 0.3 is 0 Å². The first-order valence-electron chi connectivity index (χ1n) is 8.51. The van der Waals surface area contributed by atoms with Crippen LogP contribution in [0.25, 0.3) is 0 Å². The van der Waals surface area contributed by atoms with Crippen LogP contribution in [0.4, 0.5) is 11.4 Å². The molecule has 0 atom stereocenters. The zero-order valence-electron chi connectivity index (χ0n) is 15.5. The van der Waals surface area contributed by atoms with Gasteiger partial charge in [-0.3, -0.25) is 4.79 Å². The van der Waals surface area contributed by atoms with Crippen molar-refractivity contribution in [1.29, 1.82) is 0 Å². The number of carbonyl (C=O) groups is 1. The van der Waals surface area contributed by atoms with Crippen LogP contribution in [0.5, 0.6) is 0 Å². The molecular weight excluding hydrogens is 439 g/mol. The van der Waals surface area contributed by atoms with Gasteiger partial charge in [0.25, 0.3) is 0 Å². The molecular formula is C20H27IN4O. The van der Waals surface area contributed by atoms with Crippen molar-refractivity contribution in [2.45, 2.75) is 40.2 Å². The first-order valence-corrected chi connectivity index (χ1v) is 8.51. The lowest BCUT2D eigenvalue weighted by molar-refractivity contribution is -0.116. The van der Waals surface area contributed by atoms with Crippen molar-refractivity contribution in [3.63, 3.8) is 0 Å². The third kappa shape index (κ3) is 7.03. The lowest BCUT2D eigenvalue weighted by atomic mass is 10.1. The van der Waals surface area contributed by atoms with Crippen molar-refractivity contribution in [1.82, 2.24) is 0 Å². The van der Waals surface area contributed by atoms with Gasteiger partial charge in [-0.1, -0.05) is 25.1 Å². The molecule has 0 aliphatic heterocycles. The van der Waals surface area contributed by atoms with Gasteiger partial charge in [-0.2, -0.15) is 0 Å². The number of nitrogens with one attached hydrogen (secondary N) is 2. The Labute approximate surface area is 172 Å². The Morgan fingerprint density at radius 2 is 1.77 bits per heavy atom. The van der Waals surface area contributed by atoms with E-state index in [1.807, 2.05) is 49.4 Å². The highest BCUT2D eigenvalue weighted by Crippen LogP contribution is 2.15. The summed E-state index contributed by atoms with van der Waals surface area (Å²) in [7, 11) is 0. The molecule has 0 saturated heterocycles. The second kappa shape index (κ2) is 10.8. The Bertz CT molecular complexity index is 774. The highest BCUT2D eigenvalue weighted by Gasteiger charge is 2.02. The predicted molar refractivity (Wildman–Crippen MR) is 120 cm³/mol. The largest absolute Gasteiger partial charge is 0.370 e. The number of anilines is 2. The van der Waals surface area contributed by atoms with Gasteiger partial charge in [-0.25, -0.2) is 4.99 Å². The number of nitrogens with zero attached hydrogens (tertiary/aromatic N) is 1. The van der Waals surface area contributed by atoms with Crippen LogP contribution in [-0.4, -0.2) is 11.9 Å². The summed E-state index contributed by atoms with van der Waals surface area (Å²) in [6.45, 7) is 6.56. The molecule has 0 unspecified atom stereocenters. The van der Waals surface area contributed by atoms with E-state index in [1.54, 1.807) is 0 Å². The SMILES string of the molecule is CCCC(=O)Nc1cccc(CN=C(N)Nc2ccc(C)c(C)c2)c1.I. The molecule has 140 valence electrons. The van der Waals surface area contributed by atoms with Crippen LogP contribution in [0, 0.1) is 13.8 Å². The number of hydrogen-bond acceptors (Lipinski definition) is 2. The van der Waals surface area contributed by atoms with E-state index >= 15 is 0 Å². The van der Waals surface area contributed by atoms with Crippen molar-refractivity contribution in [2.24, 2.45) is 10.7 Å². The van der Waals surface area contributed by atoms with Crippen LogP contribution in [0.15, 0.2) is 47.5 Å². The Hall–Kier alpha value is -2.09. The van der Waals surface area contributed by atoms with E-state index in [9.17, 15) is 4.79 Å². The number of halogens is 1. The molecule has 26 heavy (non-hydrogen) atoms. The third-order valence-corrected chi connectivity index (χ3v) is 3.90. The van der Waals surface area contributed by atoms with Crippen LogP contribution in [-0.2, 0) is 11.3 Å². The van der Waals surface area contributed by atoms with Gasteiger partial charge in [0, 0.05) is 17.8 Å². The van der Waals surface area contributed by atoms with E-state index in [4.69, 9.17) is 5.73 Å². The lowest BCUT2D eigenvalue weighted by Crippen LogP contribution is -2.22. The minimum atomic E-state index is 0. The standard InChI is InChI=1S/C20H26N4O.HI/c1-4-6-19(25)23-17-8-5-7-16(12-17)13-22-20(21)24-18-10-9-14(2)15(3)11-18;/h5,7-12H,4,6,13H2,1-3H3,(H,23,25)(H3,21,22,24);1H. The molecule has 0 saturated carbocycles. The number of nitrogens with two attached hydrogens (primary N) is 1. The Morgan fingerprint density at radius 1 is 1.04 bits per heavy atom. The van der Waals surface area contributed by atoms with Crippen molar-refractivity contribution in [3.8, 4) is 0 Å². The monoisotopic (exact) mass is 466 g/mol. The van der Waals surface area contributed by atoms with Crippen LogP contribution >= 0.6 is 24.0 Å². The molecule has 0 fully saturated rings. The zero-order valence-corrected chi connectivity index (χ0v) is 17.8. The average molecular weight is 466 g/mol. The van der Waals surface area contributed by atoms with Crippen LogP contribution in [0.2, 0.25) is 0 Å². The number of benzene rings is 2. The Balaban J connectivity index is 0.00000338. The van der Waals surface area contributed by atoms with Gasteiger partial charge in [0.05, 0.1) is 6.54 Å². The molecule has 0 aliphatic rings. The van der Waals surface area contributed by atoms with Crippen LogP contribution in [0.1, 0.15) is 36.5 Å². The van der Waals surface area contributed by atoms with E-state index in [-0.39, 0.29) is 29.9 Å². The molecule has 0 heterocycles. The maximum atomic E-state index is 11.7. The second-order valence-corrected chi connectivity index (χ2v) is 6.12. The van der Waals surface area contributed by atoms with Crippen molar-refractivity contribution in [3.05, 3.63) is 59.2 Å². The normalized spacial score (nSPS) is 10.8. The predicted octanol–water partition coefficient (Wildman–Crippen LogP) is 4.59. The molecule has 2 rings (SSSR count). The van der Waals surface area contributed by atoms with E-state index in [1.165, 1.54) is 11.1 Å². The topological polar surface area (TPSA) is 79.5 Å². The highest BCUT2D eigenvalue weighted by molar-refractivity contribution is 14.0. The summed E-state index contributed by atoms with van der Waals surface area (Å²) in [6.07, 6.45) is 1.35. The van der Waals surface area contributed by atoms with Crippen molar-refractivity contribution >= 4 is 47.2 Å². The molecule has 6 heteroatoms. The number of guanidine groups is 1. The van der Waals surface area contributed by atoms with E-state index in [2.05, 4.69) is 29.5 Å². The molecule has 1 amide bonds. The van der Waals surface area contributed by atoms with Gasteiger partial charge in [0.2, 0.25) is 5.91 Å².